The van der Waals surface area contributed by atoms with Crippen LogP contribution in [0.25, 0.3) is 11.3 Å². The van der Waals surface area contributed by atoms with Gasteiger partial charge in [0.05, 0.1) is 5.69 Å². The van der Waals surface area contributed by atoms with Gasteiger partial charge in [0.1, 0.15) is 11.6 Å². The first-order chi connectivity index (χ1) is 7.58. The zero-order valence-electron chi connectivity index (χ0n) is 9.09. The van der Waals surface area contributed by atoms with Gasteiger partial charge in [-0.2, -0.15) is 5.10 Å². The first-order valence-electron chi connectivity index (χ1n) is 5.08. The van der Waals surface area contributed by atoms with Crippen LogP contribution in [0.2, 0.25) is 0 Å². The number of nitrogens with zero attached hydrogens (tertiary/aromatic N) is 1. The molecule has 0 unspecified atom stereocenters. The standard InChI is InChI=1S/C12H12F2N2/c1-7(2)11-6-12(16-15-11)9-4-3-8(13)5-10(9)14/h3-7H,1-2H3,(H,15,16). The van der Waals surface area contributed by atoms with E-state index in [-0.39, 0.29) is 0 Å². The molecule has 0 atom stereocenters. The van der Waals surface area contributed by atoms with E-state index < -0.39 is 11.6 Å². The largest absolute Gasteiger partial charge is 0.282 e. The van der Waals surface area contributed by atoms with Crippen LogP contribution in [-0.2, 0) is 0 Å². The first-order valence-corrected chi connectivity index (χ1v) is 5.08. The molecular formula is C12H12F2N2. The molecule has 0 radical (unpaired) electrons. The van der Waals surface area contributed by atoms with E-state index in [4.69, 9.17) is 0 Å². The van der Waals surface area contributed by atoms with Crippen LogP contribution < -0.4 is 0 Å². The number of aromatic amines is 1. The molecule has 0 amide bonds. The van der Waals surface area contributed by atoms with Gasteiger partial charge in [-0.3, -0.25) is 5.10 Å². The number of H-pyrrole nitrogens is 1. The van der Waals surface area contributed by atoms with Crippen LogP contribution in [-0.4, -0.2) is 10.2 Å². The summed E-state index contributed by atoms with van der Waals surface area (Å²) in [6, 6.07) is 5.26. The Balaban J connectivity index is 2.42. The molecule has 0 aliphatic rings. The molecule has 1 aromatic heterocycles. The Bertz CT molecular complexity index is 503. The average Bonchev–Trinajstić information content (AvgIpc) is 2.66. The highest BCUT2D eigenvalue weighted by Gasteiger charge is 2.11. The van der Waals surface area contributed by atoms with E-state index in [1.54, 1.807) is 6.07 Å². The zero-order valence-corrected chi connectivity index (χ0v) is 9.09. The van der Waals surface area contributed by atoms with Crippen LogP contribution in [0.3, 0.4) is 0 Å². The topological polar surface area (TPSA) is 28.7 Å². The lowest BCUT2D eigenvalue weighted by Gasteiger charge is -1.99. The predicted octanol–water partition coefficient (Wildman–Crippen LogP) is 3.48. The predicted molar refractivity (Wildman–Crippen MR) is 58.0 cm³/mol. The molecule has 0 spiro atoms. The first kappa shape index (κ1) is 10.8. The Morgan fingerprint density at radius 1 is 1.19 bits per heavy atom. The van der Waals surface area contributed by atoms with E-state index in [0.717, 1.165) is 11.8 Å². The van der Waals surface area contributed by atoms with Crippen molar-refractivity contribution in [3.8, 4) is 11.3 Å². The molecule has 0 saturated carbocycles. The monoisotopic (exact) mass is 222 g/mol. The molecule has 0 aliphatic carbocycles. The third kappa shape index (κ3) is 1.96. The van der Waals surface area contributed by atoms with Crippen molar-refractivity contribution < 1.29 is 8.78 Å². The summed E-state index contributed by atoms with van der Waals surface area (Å²) in [6.45, 7) is 4.02. The summed E-state index contributed by atoms with van der Waals surface area (Å²) in [6.07, 6.45) is 0. The number of aromatic nitrogens is 2. The van der Waals surface area contributed by atoms with Gasteiger partial charge < -0.3 is 0 Å². The third-order valence-corrected chi connectivity index (χ3v) is 2.43. The average molecular weight is 222 g/mol. The quantitative estimate of drug-likeness (QED) is 0.828. The zero-order chi connectivity index (χ0) is 11.7. The molecule has 1 N–H and O–H groups in total. The van der Waals surface area contributed by atoms with Crippen LogP contribution in [0.4, 0.5) is 8.78 Å². The Hall–Kier alpha value is -1.71. The van der Waals surface area contributed by atoms with Crippen LogP contribution >= 0.6 is 0 Å². The molecule has 0 fully saturated rings. The van der Waals surface area contributed by atoms with Gasteiger partial charge in [0.15, 0.2) is 0 Å². The smallest absolute Gasteiger partial charge is 0.135 e. The molecule has 84 valence electrons. The van der Waals surface area contributed by atoms with Crippen molar-refractivity contribution in [2.45, 2.75) is 19.8 Å². The molecule has 0 saturated heterocycles. The summed E-state index contributed by atoms with van der Waals surface area (Å²) < 4.78 is 26.2. The van der Waals surface area contributed by atoms with Crippen molar-refractivity contribution >= 4 is 0 Å². The third-order valence-electron chi connectivity index (χ3n) is 2.43. The Kier molecular flexibility index (Phi) is 2.73. The summed E-state index contributed by atoms with van der Waals surface area (Å²) in [5.74, 6) is -0.882. The molecule has 1 aromatic carbocycles. The molecule has 2 aromatic rings. The van der Waals surface area contributed by atoms with Gasteiger partial charge in [-0.25, -0.2) is 8.78 Å². The van der Waals surface area contributed by atoms with Crippen molar-refractivity contribution in [3.63, 3.8) is 0 Å². The van der Waals surface area contributed by atoms with E-state index in [1.807, 2.05) is 13.8 Å². The van der Waals surface area contributed by atoms with Crippen molar-refractivity contribution in [3.05, 3.63) is 41.6 Å². The number of benzene rings is 1. The molecule has 4 heteroatoms. The summed E-state index contributed by atoms with van der Waals surface area (Å²) >= 11 is 0. The summed E-state index contributed by atoms with van der Waals surface area (Å²) in [5, 5.41) is 6.85. The normalized spacial score (nSPS) is 11.1. The minimum Gasteiger partial charge on any atom is -0.282 e. The SMILES string of the molecule is CC(C)c1cc(-c2ccc(F)cc2F)n[nH]1. The second kappa shape index (κ2) is 4.04. The molecule has 2 nitrogen and oxygen atoms in total. The Labute approximate surface area is 92.3 Å². The van der Waals surface area contributed by atoms with Crippen LogP contribution in [0.5, 0.6) is 0 Å². The number of rotatable bonds is 2. The van der Waals surface area contributed by atoms with Gasteiger partial charge in [0.2, 0.25) is 0 Å². The van der Waals surface area contributed by atoms with Gasteiger partial charge in [0, 0.05) is 17.3 Å². The van der Waals surface area contributed by atoms with Gasteiger partial charge in [0.25, 0.3) is 0 Å². The summed E-state index contributed by atoms with van der Waals surface area (Å²) in [7, 11) is 0. The lowest BCUT2D eigenvalue weighted by molar-refractivity contribution is 0.585. The number of nitrogens with one attached hydrogen (secondary N) is 1. The highest BCUT2D eigenvalue weighted by atomic mass is 19.1. The van der Waals surface area contributed by atoms with Gasteiger partial charge >= 0.3 is 0 Å². The fourth-order valence-corrected chi connectivity index (χ4v) is 1.47. The second-order valence-corrected chi connectivity index (χ2v) is 3.99. The fourth-order valence-electron chi connectivity index (χ4n) is 1.47. The molecule has 16 heavy (non-hydrogen) atoms. The maximum Gasteiger partial charge on any atom is 0.135 e. The van der Waals surface area contributed by atoms with E-state index >= 15 is 0 Å². The van der Waals surface area contributed by atoms with Crippen molar-refractivity contribution in [1.29, 1.82) is 0 Å². The number of hydrogen-bond donors (Lipinski definition) is 1. The molecule has 0 aliphatic heterocycles. The van der Waals surface area contributed by atoms with E-state index in [0.29, 0.717) is 17.2 Å². The fraction of sp³-hybridized carbons (Fsp3) is 0.250. The van der Waals surface area contributed by atoms with Crippen LogP contribution in [0.15, 0.2) is 24.3 Å². The van der Waals surface area contributed by atoms with Gasteiger partial charge in [-0.15, -0.1) is 0 Å². The van der Waals surface area contributed by atoms with Gasteiger partial charge in [-0.1, -0.05) is 13.8 Å². The maximum atomic E-state index is 13.5. The van der Waals surface area contributed by atoms with Crippen molar-refractivity contribution in [1.82, 2.24) is 10.2 Å². The number of hydrogen-bond acceptors (Lipinski definition) is 1. The highest BCUT2D eigenvalue weighted by Crippen LogP contribution is 2.24. The lowest BCUT2D eigenvalue weighted by atomic mass is 10.1. The van der Waals surface area contributed by atoms with Gasteiger partial charge in [-0.05, 0) is 24.1 Å². The lowest BCUT2D eigenvalue weighted by Crippen LogP contribution is -1.86. The Morgan fingerprint density at radius 3 is 2.50 bits per heavy atom. The molecule has 2 rings (SSSR count). The summed E-state index contributed by atoms with van der Waals surface area (Å²) in [5.41, 5.74) is 1.74. The van der Waals surface area contributed by atoms with Crippen LogP contribution in [0, 0.1) is 11.6 Å². The second-order valence-electron chi connectivity index (χ2n) is 3.99. The Morgan fingerprint density at radius 2 is 1.94 bits per heavy atom. The van der Waals surface area contributed by atoms with Crippen LogP contribution in [0.1, 0.15) is 25.5 Å². The number of halogens is 2. The maximum absolute atomic E-state index is 13.5. The minimum atomic E-state index is -0.596. The van der Waals surface area contributed by atoms with E-state index in [9.17, 15) is 8.78 Å². The molecule has 0 bridgehead atoms. The molecule has 1 heterocycles. The minimum absolute atomic E-state index is 0.296. The molecular weight excluding hydrogens is 210 g/mol. The van der Waals surface area contributed by atoms with E-state index in [1.165, 1.54) is 12.1 Å². The van der Waals surface area contributed by atoms with Crippen molar-refractivity contribution in [2.75, 3.05) is 0 Å². The van der Waals surface area contributed by atoms with Crippen molar-refractivity contribution in [2.24, 2.45) is 0 Å². The van der Waals surface area contributed by atoms with E-state index in [2.05, 4.69) is 10.2 Å². The highest BCUT2D eigenvalue weighted by molar-refractivity contribution is 5.60. The summed E-state index contributed by atoms with van der Waals surface area (Å²) in [4.78, 5) is 0.